The Kier molecular flexibility index (Phi) is 5.03. The van der Waals surface area contributed by atoms with Gasteiger partial charge in [-0.25, -0.2) is 4.79 Å². The minimum absolute atomic E-state index is 0.0863. The van der Waals surface area contributed by atoms with E-state index in [1.165, 1.54) is 24.3 Å². The van der Waals surface area contributed by atoms with Crippen LogP contribution in [0.4, 0.5) is 0 Å². The van der Waals surface area contributed by atoms with Crippen LogP contribution < -0.4 is 0 Å². The number of carboxylic acids is 1. The van der Waals surface area contributed by atoms with Crippen LogP contribution in [0.25, 0.3) is 0 Å². The van der Waals surface area contributed by atoms with Crippen molar-refractivity contribution >= 4 is 17.7 Å². The van der Waals surface area contributed by atoms with Crippen molar-refractivity contribution in [2.45, 2.75) is 13.0 Å². The van der Waals surface area contributed by atoms with Gasteiger partial charge in [0, 0.05) is 5.56 Å². The molecule has 2 aromatic rings. The number of carbonyl (C=O) groups excluding carboxylic acids is 2. The van der Waals surface area contributed by atoms with Gasteiger partial charge in [-0.2, -0.15) is 0 Å². The van der Waals surface area contributed by atoms with E-state index in [0.717, 1.165) is 5.56 Å². The summed E-state index contributed by atoms with van der Waals surface area (Å²) < 4.78 is 5.03. The molecule has 0 unspecified atom stereocenters. The third-order valence-corrected chi connectivity index (χ3v) is 3.00. The molecule has 112 valence electrons. The topological polar surface area (TPSA) is 80.7 Å². The first-order valence-corrected chi connectivity index (χ1v) is 6.62. The summed E-state index contributed by atoms with van der Waals surface area (Å²) in [5.41, 5.74) is 1.21. The Morgan fingerprint density at radius 2 is 1.45 bits per heavy atom. The van der Waals surface area contributed by atoms with Crippen LogP contribution in [0.5, 0.6) is 0 Å². The number of ether oxygens (including phenoxy) is 1. The van der Waals surface area contributed by atoms with E-state index in [9.17, 15) is 14.4 Å². The summed E-state index contributed by atoms with van der Waals surface area (Å²) in [7, 11) is 0. The monoisotopic (exact) mass is 298 g/mol. The van der Waals surface area contributed by atoms with Crippen molar-refractivity contribution < 1.29 is 24.2 Å². The summed E-state index contributed by atoms with van der Waals surface area (Å²) >= 11 is 0. The minimum atomic E-state index is -1.07. The van der Waals surface area contributed by atoms with Gasteiger partial charge in [0.15, 0.2) is 5.78 Å². The predicted molar refractivity (Wildman–Crippen MR) is 78.6 cm³/mol. The van der Waals surface area contributed by atoms with Crippen molar-refractivity contribution in [2.75, 3.05) is 0 Å². The number of esters is 1. The Labute approximate surface area is 127 Å². The zero-order valence-corrected chi connectivity index (χ0v) is 11.7. The van der Waals surface area contributed by atoms with Crippen LogP contribution >= 0.6 is 0 Å². The highest BCUT2D eigenvalue weighted by Gasteiger charge is 2.14. The molecule has 5 heteroatoms. The lowest BCUT2D eigenvalue weighted by Gasteiger charge is -2.05. The molecule has 0 radical (unpaired) electrons. The lowest BCUT2D eigenvalue weighted by Crippen LogP contribution is -2.11. The van der Waals surface area contributed by atoms with Gasteiger partial charge in [0.05, 0.1) is 5.56 Å². The second-order valence-electron chi connectivity index (χ2n) is 4.63. The van der Waals surface area contributed by atoms with E-state index in [4.69, 9.17) is 9.84 Å². The maximum Gasteiger partial charge on any atom is 0.335 e. The van der Waals surface area contributed by atoms with Crippen LogP contribution in [-0.4, -0.2) is 22.8 Å². The largest absolute Gasteiger partial charge is 0.478 e. The van der Waals surface area contributed by atoms with Crippen molar-refractivity contribution in [1.29, 1.82) is 0 Å². The molecule has 0 heterocycles. The fourth-order valence-corrected chi connectivity index (χ4v) is 1.82. The van der Waals surface area contributed by atoms with Crippen LogP contribution in [-0.2, 0) is 16.1 Å². The second kappa shape index (κ2) is 7.17. The molecule has 0 aliphatic heterocycles. The van der Waals surface area contributed by atoms with Crippen molar-refractivity contribution in [1.82, 2.24) is 0 Å². The molecule has 2 aromatic carbocycles. The number of rotatable bonds is 6. The molecule has 22 heavy (non-hydrogen) atoms. The van der Waals surface area contributed by atoms with Crippen LogP contribution in [0.2, 0.25) is 0 Å². The summed E-state index contributed by atoms with van der Waals surface area (Å²) in [6.45, 7) is 0.116. The average molecular weight is 298 g/mol. The molecule has 0 fully saturated rings. The van der Waals surface area contributed by atoms with Gasteiger partial charge in [-0.3, -0.25) is 9.59 Å². The number of ketones is 1. The Morgan fingerprint density at radius 3 is 2.05 bits per heavy atom. The molecular weight excluding hydrogens is 284 g/mol. The van der Waals surface area contributed by atoms with Crippen molar-refractivity contribution in [2.24, 2.45) is 0 Å². The van der Waals surface area contributed by atoms with Gasteiger partial charge in [0.25, 0.3) is 0 Å². The third kappa shape index (κ3) is 4.28. The summed E-state index contributed by atoms with van der Waals surface area (Å²) in [5.74, 6) is -2.09. The molecule has 0 atom stereocenters. The van der Waals surface area contributed by atoms with Crippen LogP contribution in [0.15, 0.2) is 54.6 Å². The fourth-order valence-electron chi connectivity index (χ4n) is 1.82. The zero-order chi connectivity index (χ0) is 15.9. The minimum Gasteiger partial charge on any atom is -0.478 e. The number of hydrogen-bond donors (Lipinski definition) is 1. The van der Waals surface area contributed by atoms with E-state index in [1.54, 1.807) is 0 Å². The lowest BCUT2D eigenvalue weighted by atomic mass is 10.1. The van der Waals surface area contributed by atoms with Gasteiger partial charge in [0.1, 0.15) is 13.0 Å². The number of carbonyl (C=O) groups is 3. The zero-order valence-electron chi connectivity index (χ0n) is 11.7. The van der Waals surface area contributed by atoms with Crippen LogP contribution in [0.1, 0.15) is 32.7 Å². The van der Waals surface area contributed by atoms with E-state index in [2.05, 4.69) is 0 Å². The van der Waals surface area contributed by atoms with E-state index >= 15 is 0 Å². The molecule has 0 aliphatic rings. The smallest absolute Gasteiger partial charge is 0.335 e. The van der Waals surface area contributed by atoms with E-state index in [0.29, 0.717) is 0 Å². The number of carboxylic acid groups (broad SMARTS) is 1. The molecule has 0 bridgehead atoms. The first-order valence-electron chi connectivity index (χ1n) is 6.62. The Morgan fingerprint density at radius 1 is 0.864 bits per heavy atom. The van der Waals surface area contributed by atoms with E-state index in [1.807, 2.05) is 30.3 Å². The highest BCUT2D eigenvalue weighted by molar-refractivity contribution is 6.06. The van der Waals surface area contributed by atoms with Gasteiger partial charge < -0.3 is 9.84 Å². The Bertz CT molecular complexity index is 674. The number of aromatic carboxylic acids is 1. The summed E-state index contributed by atoms with van der Waals surface area (Å²) in [4.78, 5) is 34.3. The van der Waals surface area contributed by atoms with Crippen molar-refractivity contribution in [3.63, 3.8) is 0 Å². The normalized spacial score (nSPS) is 10.0. The standard InChI is InChI=1S/C17H14O5/c18-15(13-6-8-14(9-7-13)17(20)21)10-16(19)22-11-12-4-2-1-3-5-12/h1-9H,10-11H2,(H,20,21). The summed E-state index contributed by atoms with van der Waals surface area (Å²) in [5, 5.41) is 8.78. The number of benzene rings is 2. The summed E-state index contributed by atoms with van der Waals surface area (Å²) in [6, 6.07) is 14.6. The van der Waals surface area contributed by atoms with Gasteiger partial charge in [-0.05, 0) is 17.7 Å². The quantitative estimate of drug-likeness (QED) is 0.504. The molecule has 0 spiro atoms. The van der Waals surface area contributed by atoms with Gasteiger partial charge in [-0.15, -0.1) is 0 Å². The molecule has 2 rings (SSSR count). The Balaban J connectivity index is 1.88. The Hall–Kier alpha value is -2.95. The molecular formula is C17H14O5. The third-order valence-electron chi connectivity index (χ3n) is 3.00. The SMILES string of the molecule is O=C(CC(=O)c1ccc(C(=O)O)cc1)OCc1ccccc1. The van der Waals surface area contributed by atoms with E-state index < -0.39 is 17.7 Å². The van der Waals surface area contributed by atoms with Crippen molar-refractivity contribution in [3.8, 4) is 0 Å². The van der Waals surface area contributed by atoms with Gasteiger partial charge >= 0.3 is 11.9 Å². The highest BCUT2D eigenvalue weighted by Crippen LogP contribution is 2.09. The second-order valence-corrected chi connectivity index (χ2v) is 4.63. The van der Waals surface area contributed by atoms with Crippen LogP contribution in [0, 0.1) is 0 Å². The lowest BCUT2D eigenvalue weighted by molar-refractivity contribution is -0.143. The molecule has 0 amide bonds. The van der Waals surface area contributed by atoms with E-state index in [-0.39, 0.29) is 24.2 Å². The highest BCUT2D eigenvalue weighted by atomic mass is 16.5. The molecule has 0 aliphatic carbocycles. The summed E-state index contributed by atoms with van der Waals surface area (Å²) in [6.07, 6.45) is -0.376. The van der Waals surface area contributed by atoms with Crippen molar-refractivity contribution in [3.05, 3.63) is 71.3 Å². The maximum atomic E-state index is 11.9. The first kappa shape index (κ1) is 15.4. The molecule has 0 aromatic heterocycles. The molecule has 1 N–H and O–H groups in total. The number of hydrogen-bond acceptors (Lipinski definition) is 4. The fraction of sp³-hybridized carbons (Fsp3) is 0.118. The maximum absolute atomic E-state index is 11.9. The molecule has 0 saturated carbocycles. The number of Topliss-reactive ketones (excluding diaryl/α,β-unsaturated/α-hetero) is 1. The first-order chi connectivity index (χ1) is 10.6. The van der Waals surface area contributed by atoms with Crippen LogP contribution in [0.3, 0.4) is 0 Å². The van der Waals surface area contributed by atoms with Gasteiger partial charge in [-0.1, -0.05) is 42.5 Å². The van der Waals surface area contributed by atoms with Gasteiger partial charge in [0.2, 0.25) is 0 Å². The predicted octanol–water partition coefficient (Wildman–Crippen LogP) is 2.70. The average Bonchev–Trinajstić information content (AvgIpc) is 2.54. The molecule has 0 saturated heterocycles. The molecule has 5 nitrogen and oxygen atoms in total.